The molecule has 1 aromatic rings. The maximum absolute atomic E-state index is 4.25. The third-order valence-electron chi connectivity index (χ3n) is 2.53. The largest absolute Gasteiger partial charge is 0.351 e. The van der Waals surface area contributed by atoms with Crippen LogP contribution in [0.1, 0.15) is 19.3 Å². The van der Waals surface area contributed by atoms with Crippen LogP contribution in [0.3, 0.4) is 0 Å². The molecule has 15 heavy (non-hydrogen) atoms. The molecule has 0 amide bonds. The predicted molar refractivity (Wildman–Crippen MR) is 68.9 cm³/mol. The van der Waals surface area contributed by atoms with E-state index in [1.807, 2.05) is 12.4 Å². The number of nitrogens with zero attached hydrogens (tertiary/aromatic N) is 2. The molecule has 1 saturated heterocycles. The predicted octanol–water partition coefficient (Wildman–Crippen LogP) is 1.64. The van der Waals surface area contributed by atoms with Gasteiger partial charge in [0.15, 0.2) is 0 Å². The minimum atomic E-state index is 0.514. The van der Waals surface area contributed by atoms with Crippen LogP contribution in [0.25, 0.3) is 0 Å². The Morgan fingerprint density at radius 2 is 2.07 bits per heavy atom. The Labute approximate surface area is 103 Å². The zero-order valence-electron chi connectivity index (χ0n) is 8.54. The van der Waals surface area contributed by atoms with Crippen LogP contribution in [0.5, 0.6) is 0 Å². The molecule has 4 nitrogen and oxygen atoms in total. The van der Waals surface area contributed by atoms with Crippen molar-refractivity contribution in [2.24, 2.45) is 0 Å². The molecule has 1 atom stereocenters. The number of nitrogens with one attached hydrogen (secondary N) is 2. The molecule has 1 aromatic heterocycles. The molecule has 0 radical (unpaired) electrons. The van der Waals surface area contributed by atoms with Crippen molar-refractivity contribution < 1.29 is 0 Å². The summed E-state index contributed by atoms with van der Waals surface area (Å²) in [6.45, 7) is 2.22. The fraction of sp³-hybridized carbons (Fsp3) is 0.600. The van der Waals surface area contributed by atoms with Crippen molar-refractivity contribution in [3.63, 3.8) is 0 Å². The lowest BCUT2D eigenvalue weighted by molar-refractivity contribution is 0.631. The van der Waals surface area contributed by atoms with Gasteiger partial charge in [0.05, 0.1) is 0 Å². The molecule has 82 valence electrons. The van der Waals surface area contributed by atoms with Crippen LogP contribution in [0, 0.1) is 3.57 Å². The Morgan fingerprint density at radius 3 is 2.87 bits per heavy atom. The van der Waals surface area contributed by atoms with Crippen LogP contribution in [0.4, 0.5) is 5.95 Å². The van der Waals surface area contributed by atoms with Gasteiger partial charge in [-0.2, -0.15) is 0 Å². The summed E-state index contributed by atoms with van der Waals surface area (Å²) in [6.07, 6.45) is 7.25. The molecule has 0 aromatic carbocycles. The van der Waals surface area contributed by atoms with E-state index in [1.54, 1.807) is 0 Å². The van der Waals surface area contributed by atoms with E-state index in [0.29, 0.717) is 6.04 Å². The molecule has 2 rings (SSSR count). The first-order valence-electron chi connectivity index (χ1n) is 5.29. The van der Waals surface area contributed by atoms with Crippen LogP contribution in [-0.2, 0) is 0 Å². The van der Waals surface area contributed by atoms with Crippen molar-refractivity contribution in [3.05, 3.63) is 16.0 Å². The fourth-order valence-electron chi connectivity index (χ4n) is 1.73. The summed E-state index contributed by atoms with van der Waals surface area (Å²) < 4.78 is 1.07. The summed E-state index contributed by atoms with van der Waals surface area (Å²) in [5, 5.41) is 6.77. The van der Waals surface area contributed by atoms with Crippen molar-refractivity contribution in [2.45, 2.75) is 25.3 Å². The number of aromatic nitrogens is 2. The average molecular weight is 318 g/mol. The summed E-state index contributed by atoms with van der Waals surface area (Å²) in [4.78, 5) is 8.51. The zero-order valence-corrected chi connectivity index (χ0v) is 10.7. The van der Waals surface area contributed by atoms with E-state index >= 15 is 0 Å². The standard InChI is InChI=1S/C10H15IN4/c11-8-6-13-10(14-7-8)15-9-2-1-4-12-5-3-9/h6-7,9,12H,1-5H2,(H,13,14,15). The second-order valence-corrected chi connectivity index (χ2v) is 4.99. The average Bonchev–Trinajstić information content (AvgIpc) is 2.50. The van der Waals surface area contributed by atoms with Gasteiger partial charge in [0, 0.05) is 22.0 Å². The van der Waals surface area contributed by atoms with Gasteiger partial charge in [-0.25, -0.2) is 9.97 Å². The van der Waals surface area contributed by atoms with E-state index in [-0.39, 0.29) is 0 Å². The van der Waals surface area contributed by atoms with E-state index in [0.717, 1.165) is 29.0 Å². The highest BCUT2D eigenvalue weighted by atomic mass is 127. The normalized spacial score (nSPS) is 22.1. The van der Waals surface area contributed by atoms with Crippen molar-refractivity contribution >= 4 is 28.5 Å². The van der Waals surface area contributed by atoms with Crippen molar-refractivity contribution in [1.82, 2.24) is 15.3 Å². The van der Waals surface area contributed by atoms with E-state index in [9.17, 15) is 0 Å². The molecule has 0 bridgehead atoms. The topological polar surface area (TPSA) is 49.8 Å². The molecule has 0 saturated carbocycles. The van der Waals surface area contributed by atoms with Gasteiger partial charge < -0.3 is 10.6 Å². The van der Waals surface area contributed by atoms with Crippen LogP contribution in [0.15, 0.2) is 12.4 Å². The zero-order chi connectivity index (χ0) is 10.5. The molecule has 0 spiro atoms. The molecular weight excluding hydrogens is 303 g/mol. The van der Waals surface area contributed by atoms with Gasteiger partial charge in [0.2, 0.25) is 5.95 Å². The quantitative estimate of drug-likeness (QED) is 0.814. The molecule has 1 fully saturated rings. The van der Waals surface area contributed by atoms with E-state index < -0.39 is 0 Å². The second kappa shape index (κ2) is 5.60. The highest BCUT2D eigenvalue weighted by molar-refractivity contribution is 14.1. The summed E-state index contributed by atoms with van der Waals surface area (Å²) in [7, 11) is 0. The molecule has 2 N–H and O–H groups in total. The number of anilines is 1. The van der Waals surface area contributed by atoms with Gasteiger partial charge in [-0.05, 0) is 54.9 Å². The summed E-state index contributed by atoms with van der Waals surface area (Å²) >= 11 is 2.21. The number of rotatable bonds is 2. The molecule has 2 heterocycles. The monoisotopic (exact) mass is 318 g/mol. The Bertz CT molecular complexity index is 293. The lowest BCUT2D eigenvalue weighted by Gasteiger charge is -2.15. The van der Waals surface area contributed by atoms with Gasteiger partial charge in [-0.15, -0.1) is 0 Å². The Morgan fingerprint density at radius 1 is 1.27 bits per heavy atom. The fourth-order valence-corrected chi connectivity index (χ4v) is 2.01. The Hall–Kier alpha value is -0.430. The molecule has 1 unspecified atom stereocenters. The first kappa shape index (κ1) is 11.1. The Balaban J connectivity index is 1.92. The van der Waals surface area contributed by atoms with Gasteiger partial charge in [0.25, 0.3) is 0 Å². The smallest absolute Gasteiger partial charge is 0.222 e. The van der Waals surface area contributed by atoms with Gasteiger partial charge in [-0.3, -0.25) is 0 Å². The van der Waals surface area contributed by atoms with E-state index in [1.165, 1.54) is 12.8 Å². The molecular formula is C10H15IN4. The van der Waals surface area contributed by atoms with E-state index in [2.05, 4.69) is 43.2 Å². The minimum Gasteiger partial charge on any atom is -0.351 e. The summed E-state index contributed by atoms with van der Waals surface area (Å²) in [6, 6.07) is 0.514. The molecule has 0 aliphatic carbocycles. The molecule has 1 aliphatic heterocycles. The first-order chi connectivity index (χ1) is 7.34. The number of halogens is 1. The van der Waals surface area contributed by atoms with Gasteiger partial charge in [-0.1, -0.05) is 0 Å². The summed E-state index contributed by atoms with van der Waals surface area (Å²) in [5.41, 5.74) is 0. The Kier molecular flexibility index (Phi) is 4.13. The first-order valence-corrected chi connectivity index (χ1v) is 6.37. The number of hydrogen-bond acceptors (Lipinski definition) is 4. The SMILES string of the molecule is Ic1cnc(NC2CCCNCC2)nc1. The van der Waals surface area contributed by atoms with Crippen molar-refractivity contribution in [3.8, 4) is 0 Å². The number of hydrogen-bond donors (Lipinski definition) is 2. The molecule has 1 aliphatic rings. The lowest BCUT2D eigenvalue weighted by Crippen LogP contribution is -2.22. The van der Waals surface area contributed by atoms with E-state index in [4.69, 9.17) is 0 Å². The lowest BCUT2D eigenvalue weighted by atomic mass is 10.1. The van der Waals surface area contributed by atoms with Crippen molar-refractivity contribution in [1.29, 1.82) is 0 Å². The van der Waals surface area contributed by atoms with Crippen LogP contribution in [-0.4, -0.2) is 29.1 Å². The van der Waals surface area contributed by atoms with Crippen LogP contribution >= 0.6 is 22.6 Å². The molecule has 5 heteroatoms. The van der Waals surface area contributed by atoms with Gasteiger partial charge >= 0.3 is 0 Å². The van der Waals surface area contributed by atoms with Gasteiger partial charge in [0.1, 0.15) is 0 Å². The van der Waals surface area contributed by atoms with Crippen LogP contribution < -0.4 is 10.6 Å². The van der Waals surface area contributed by atoms with Crippen LogP contribution in [0.2, 0.25) is 0 Å². The minimum absolute atomic E-state index is 0.514. The summed E-state index contributed by atoms with van der Waals surface area (Å²) in [5.74, 6) is 0.752. The van der Waals surface area contributed by atoms with Crippen molar-refractivity contribution in [2.75, 3.05) is 18.4 Å². The maximum Gasteiger partial charge on any atom is 0.222 e. The maximum atomic E-state index is 4.25. The third-order valence-corrected chi connectivity index (χ3v) is 3.09. The second-order valence-electron chi connectivity index (χ2n) is 3.75. The highest BCUT2D eigenvalue weighted by Crippen LogP contribution is 2.11. The third kappa shape index (κ3) is 3.57. The highest BCUT2D eigenvalue weighted by Gasteiger charge is 2.12.